The van der Waals surface area contributed by atoms with Crippen molar-refractivity contribution < 1.29 is 4.79 Å². The number of nitrogens with zero attached hydrogens (tertiary/aromatic N) is 1. The first kappa shape index (κ1) is 9.80. The smallest absolute Gasteiger partial charge is 0.255 e. The van der Waals surface area contributed by atoms with Crippen molar-refractivity contribution in [1.82, 2.24) is 4.68 Å². The van der Waals surface area contributed by atoms with Crippen molar-refractivity contribution in [3.05, 3.63) is 24.5 Å². The number of amides is 1. The Morgan fingerprint density at radius 3 is 2.38 bits per heavy atom. The Labute approximate surface area is 77.7 Å². The molecule has 0 aliphatic heterocycles. The van der Waals surface area contributed by atoms with Gasteiger partial charge in [0, 0.05) is 12.4 Å². The van der Waals surface area contributed by atoms with Crippen LogP contribution in [0.25, 0.3) is 0 Å². The van der Waals surface area contributed by atoms with Gasteiger partial charge in [0.1, 0.15) is 0 Å². The van der Waals surface area contributed by atoms with Crippen LogP contribution in [-0.4, -0.2) is 16.6 Å². The molecule has 1 amide bonds. The Bertz CT molecular complexity index is 266. The summed E-state index contributed by atoms with van der Waals surface area (Å²) < 4.78 is 1.59. The molecular weight excluding hydrogens is 166 g/mol. The van der Waals surface area contributed by atoms with Gasteiger partial charge in [-0.05, 0) is 18.1 Å². The highest BCUT2D eigenvalue weighted by Crippen LogP contribution is 1.98. The van der Waals surface area contributed by atoms with Gasteiger partial charge in [0.2, 0.25) is 0 Å². The predicted molar refractivity (Wildman–Crippen MR) is 51.6 cm³/mol. The molecule has 1 aromatic heterocycles. The van der Waals surface area contributed by atoms with Gasteiger partial charge >= 0.3 is 0 Å². The van der Waals surface area contributed by atoms with Gasteiger partial charge in [-0.25, -0.2) is 0 Å². The minimum atomic E-state index is -0.456. The summed E-state index contributed by atoms with van der Waals surface area (Å²) in [7, 11) is 0. The van der Waals surface area contributed by atoms with Gasteiger partial charge < -0.3 is 5.73 Å². The molecule has 0 spiro atoms. The van der Waals surface area contributed by atoms with Gasteiger partial charge in [0.25, 0.3) is 5.91 Å². The van der Waals surface area contributed by atoms with E-state index in [1.165, 1.54) is 0 Å². The average molecular weight is 181 g/mol. The molecule has 1 rings (SSSR count). The fraction of sp³-hybridized carbons (Fsp3) is 0.444. The maximum atomic E-state index is 11.4. The summed E-state index contributed by atoms with van der Waals surface area (Å²) >= 11 is 0. The first-order chi connectivity index (χ1) is 6.11. The van der Waals surface area contributed by atoms with Crippen molar-refractivity contribution >= 4 is 5.91 Å². The first-order valence-electron chi connectivity index (χ1n) is 4.30. The summed E-state index contributed by atoms with van der Waals surface area (Å²) in [5, 5.41) is 0. The van der Waals surface area contributed by atoms with Crippen molar-refractivity contribution in [2.24, 2.45) is 11.7 Å². The Balaban J connectivity index is 2.51. The third kappa shape index (κ3) is 2.59. The van der Waals surface area contributed by atoms with E-state index < -0.39 is 6.04 Å². The van der Waals surface area contributed by atoms with Gasteiger partial charge in [0.05, 0.1) is 6.04 Å². The highest BCUT2D eigenvalue weighted by atomic mass is 16.2. The second-order valence-electron chi connectivity index (χ2n) is 3.34. The van der Waals surface area contributed by atoms with Crippen LogP contribution >= 0.6 is 0 Å². The van der Waals surface area contributed by atoms with Gasteiger partial charge in [0.15, 0.2) is 0 Å². The molecule has 0 aromatic carbocycles. The zero-order chi connectivity index (χ0) is 9.84. The molecule has 4 nitrogen and oxygen atoms in total. The third-order valence-electron chi connectivity index (χ3n) is 1.86. The van der Waals surface area contributed by atoms with Crippen molar-refractivity contribution in [3.8, 4) is 0 Å². The number of hydrogen-bond donors (Lipinski definition) is 2. The lowest BCUT2D eigenvalue weighted by Gasteiger charge is -2.15. The Morgan fingerprint density at radius 1 is 1.38 bits per heavy atom. The molecule has 0 aliphatic carbocycles. The summed E-state index contributed by atoms with van der Waals surface area (Å²) in [5.41, 5.74) is 8.31. The van der Waals surface area contributed by atoms with E-state index in [0.29, 0.717) is 0 Å². The second-order valence-corrected chi connectivity index (χ2v) is 3.34. The molecule has 1 aromatic rings. The Morgan fingerprint density at radius 2 is 1.92 bits per heavy atom. The van der Waals surface area contributed by atoms with Gasteiger partial charge in [-0.2, -0.15) is 0 Å². The zero-order valence-electron chi connectivity index (χ0n) is 7.90. The van der Waals surface area contributed by atoms with E-state index in [2.05, 4.69) is 5.43 Å². The number of aromatic nitrogens is 1. The van der Waals surface area contributed by atoms with E-state index in [9.17, 15) is 4.79 Å². The molecule has 3 N–H and O–H groups in total. The number of rotatable bonds is 3. The highest BCUT2D eigenvalue weighted by molar-refractivity contribution is 5.88. The zero-order valence-corrected chi connectivity index (χ0v) is 7.90. The lowest BCUT2D eigenvalue weighted by Crippen LogP contribution is -2.42. The van der Waals surface area contributed by atoms with Crippen LogP contribution < -0.4 is 11.2 Å². The minimum absolute atomic E-state index is 0.149. The molecule has 4 heteroatoms. The van der Waals surface area contributed by atoms with Crippen molar-refractivity contribution in [1.29, 1.82) is 0 Å². The summed E-state index contributed by atoms with van der Waals surface area (Å²) in [6, 6.07) is 3.21. The first-order valence-corrected chi connectivity index (χ1v) is 4.30. The summed E-state index contributed by atoms with van der Waals surface area (Å²) in [6.45, 7) is 3.83. The highest BCUT2D eigenvalue weighted by Gasteiger charge is 2.16. The molecule has 13 heavy (non-hydrogen) atoms. The molecular formula is C9H15N3O. The van der Waals surface area contributed by atoms with Crippen LogP contribution in [0.1, 0.15) is 13.8 Å². The van der Waals surface area contributed by atoms with Crippen LogP contribution in [0.15, 0.2) is 24.5 Å². The van der Waals surface area contributed by atoms with E-state index >= 15 is 0 Å². The van der Waals surface area contributed by atoms with Gasteiger partial charge in [-0.15, -0.1) is 0 Å². The normalized spacial score (nSPS) is 12.9. The molecule has 0 fully saturated rings. The van der Waals surface area contributed by atoms with Gasteiger partial charge in [-0.1, -0.05) is 13.8 Å². The maximum absolute atomic E-state index is 11.4. The molecule has 0 saturated carbocycles. The Kier molecular flexibility index (Phi) is 3.08. The van der Waals surface area contributed by atoms with E-state index in [1.807, 2.05) is 26.0 Å². The van der Waals surface area contributed by atoms with Crippen molar-refractivity contribution in [2.45, 2.75) is 19.9 Å². The predicted octanol–water partition coefficient (Wildman–Crippen LogP) is 0.541. The average Bonchev–Trinajstić information content (AvgIpc) is 2.55. The van der Waals surface area contributed by atoms with E-state index in [1.54, 1.807) is 17.1 Å². The fourth-order valence-corrected chi connectivity index (χ4v) is 0.914. The minimum Gasteiger partial charge on any atom is -0.320 e. The lowest BCUT2D eigenvalue weighted by molar-refractivity contribution is -0.119. The maximum Gasteiger partial charge on any atom is 0.255 e. The van der Waals surface area contributed by atoms with Crippen LogP contribution in [0.5, 0.6) is 0 Å². The summed E-state index contributed by atoms with van der Waals surface area (Å²) in [4.78, 5) is 11.4. The lowest BCUT2D eigenvalue weighted by atomic mass is 10.1. The molecule has 0 saturated heterocycles. The largest absolute Gasteiger partial charge is 0.320 e. The quantitative estimate of drug-likeness (QED) is 0.715. The number of nitrogens with two attached hydrogens (primary N) is 1. The van der Waals surface area contributed by atoms with Crippen LogP contribution in [-0.2, 0) is 4.79 Å². The summed E-state index contributed by atoms with van der Waals surface area (Å²) in [5.74, 6) is -0.0123. The van der Waals surface area contributed by atoms with E-state index in [-0.39, 0.29) is 11.8 Å². The molecule has 0 bridgehead atoms. The van der Waals surface area contributed by atoms with E-state index in [4.69, 9.17) is 5.73 Å². The molecule has 0 unspecified atom stereocenters. The van der Waals surface area contributed by atoms with Crippen LogP contribution in [0.3, 0.4) is 0 Å². The summed E-state index contributed by atoms with van der Waals surface area (Å²) in [6.07, 6.45) is 3.51. The second kappa shape index (κ2) is 4.09. The third-order valence-corrected chi connectivity index (χ3v) is 1.86. The van der Waals surface area contributed by atoms with E-state index in [0.717, 1.165) is 0 Å². The molecule has 0 radical (unpaired) electrons. The van der Waals surface area contributed by atoms with Crippen LogP contribution in [0, 0.1) is 5.92 Å². The Hall–Kier alpha value is -1.29. The molecule has 0 aliphatic rings. The number of hydrogen-bond acceptors (Lipinski definition) is 2. The van der Waals surface area contributed by atoms with Crippen LogP contribution in [0.2, 0.25) is 0 Å². The fourth-order valence-electron chi connectivity index (χ4n) is 0.914. The van der Waals surface area contributed by atoms with Gasteiger partial charge in [-0.3, -0.25) is 14.9 Å². The number of carbonyl (C=O) groups is 1. The molecule has 1 atom stereocenters. The monoisotopic (exact) mass is 181 g/mol. The van der Waals surface area contributed by atoms with Crippen LogP contribution in [0.4, 0.5) is 0 Å². The number of carbonyl (C=O) groups excluding carboxylic acids is 1. The topological polar surface area (TPSA) is 60.1 Å². The standard InChI is InChI=1S/C9H15N3O/c1-7(2)8(10)9(13)11-12-5-3-4-6-12/h3-8H,10H2,1-2H3,(H,11,13)/t8-/m1/s1. The van der Waals surface area contributed by atoms with Crippen molar-refractivity contribution in [3.63, 3.8) is 0 Å². The molecule has 1 heterocycles. The van der Waals surface area contributed by atoms with Crippen molar-refractivity contribution in [2.75, 3.05) is 5.43 Å². The SMILES string of the molecule is CC(C)[C@@H](N)C(=O)Nn1cccc1. The molecule has 72 valence electrons. The number of nitrogens with one attached hydrogen (secondary N) is 1.